The van der Waals surface area contributed by atoms with Gasteiger partial charge in [0, 0.05) is 24.2 Å². The zero-order chi connectivity index (χ0) is 14.0. The monoisotopic (exact) mass is 279 g/mol. The first-order valence-corrected chi connectivity index (χ1v) is 6.28. The van der Waals surface area contributed by atoms with Crippen LogP contribution in [-0.2, 0) is 16.0 Å². The van der Waals surface area contributed by atoms with Crippen molar-refractivity contribution in [3.63, 3.8) is 0 Å². The molecule has 0 atom stereocenters. The third-order valence-electron chi connectivity index (χ3n) is 2.95. The number of ether oxygens (including phenoxy) is 1. The van der Waals surface area contributed by atoms with E-state index < -0.39 is 5.97 Å². The standard InChI is InChI=1S/C14H14ClNO3/c1-9(15)8-19-14(18)12-3-4-13-11(7-12)5-6-16(13)10(2)17/h3-4,7H,1,5-6,8H2,2H3. The smallest absolute Gasteiger partial charge is 0.338 e. The van der Waals surface area contributed by atoms with Crippen LogP contribution < -0.4 is 4.90 Å². The van der Waals surface area contributed by atoms with E-state index in [0.29, 0.717) is 12.1 Å². The Morgan fingerprint density at radius 1 is 1.47 bits per heavy atom. The normalized spacial score (nSPS) is 13.1. The van der Waals surface area contributed by atoms with Gasteiger partial charge in [-0.15, -0.1) is 0 Å². The van der Waals surface area contributed by atoms with E-state index in [0.717, 1.165) is 17.7 Å². The lowest BCUT2D eigenvalue weighted by molar-refractivity contribution is -0.116. The Hall–Kier alpha value is -1.81. The molecule has 4 nitrogen and oxygen atoms in total. The lowest BCUT2D eigenvalue weighted by Gasteiger charge is -2.14. The Bertz CT molecular complexity index is 554. The van der Waals surface area contributed by atoms with E-state index >= 15 is 0 Å². The van der Waals surface area contributed by atoms with Gasteiger partial charge in [-0.3, -0.25) is 4.79 Å². The molecule has 0 unspecified atom stereocenters. The van der Waals surface area contributed by atoms with Crippen molar-refractivity contribution in [1.29, 1.82) is 0 Å². The van der Waals surface area contributed by atoms with Gasteiger partial charge in [-0.1, -0.05) is 18.2 Å². The summed E-state index contributed by atoms with van der Waals surface area (Å²) in [5.41, 5.74) is 2.31. The molecule has 0 fully saturated rings. The summed E-state index contributed by atoms with van der Waals surface area (Å²) in [6.45, 7) is 5.63. The minimum Gasteiger partial charge on any atom is -0.456 e. The topological polar surface area (TPSA) is 46.6 Å². The predicted molar refractivity (Wildman–Crippen MR) is 73.4 cm³/mol. The van der Waals surface area contributed by atoms with E-state index in [1.54, 1.807) is 23.1 Å². The maximum absolute atomic E-state index is 11.8. The zero-order valence-electron chi connectivity index (χ0n) is 10.6. The Morgan fingerprint density at radius 2 is 2.21 bits per heavy atom. The molecule has 1 aliphatic rings. The van der Waals surface area contributed by atoms with E-state index in [4.69, 9.17) is 16.3 Å². The van der Waals surface area contributed by atoms with Gasteiger partial charge in [0.2, 0.25) is 5.91 Å². The number of nitrogens with zero attached hydrogens (tertiary/aromatic N) is 1. The Labute approximate surface area is 116 Å². The van der Waals surface area contributed by atoms with E-state index in [9.17, 15) is 9.59 Å². The maximum Gasteiger partial charge on any atom is 0.338 e. The number of carbonyl (C=O) groups excluding carboxylic acids is 2. The summed E-state index contributed by atoms with van der Waals surface area (Å²) in [6, 6.07) is 5.19. The molecule has 0 saturated heterocycles. The summed E-state index contributed by atoms with van der Waals surface area (Å²) in [4.78, 5) is 24.9. The molecule has 0 N–H and O–H groups in total. The van der Waals surface area contributed by atoms with Crippen LogP contribution >= 0.6 is 11.6 Å². The highest BCUT2D eigenvalue weighted by Gasteiger charge is 2.23. The van der Waals surface area contributed by atoms with Crippen LogP contribution in [0.2, 0.25) is 0 Å². The summed E-state index contributed by atoms with van der Waals surface area (Å²) in [7, 11) is 0. The number of hydrogen-bond donors (Lipinski definition) is 0. The molecule has 0 aliphatic carbocycles. The van der Waals surface area contributed by atoms with E-state index in [2.05, 4.69) is 6.58 Å². The van der Waals surface area contributed by atoms with Crippen molar-refractivity contribution in [2.24, 2.45) is 0 Å². The largest absolute Gasteiger partial charge is 0.456 e. The molecular weight excluding hydrogens is 266 g/mol. The lowest BCUT2D eigenvalue weighted by Crippen LogP contribution is -2.25. The molecule has 100 valence electrons. The second-order valence-corrected chi connectivity index (χ2v) is 4.89. The van der Waals surface area contributed by atoms with Crippen LogP contribution in [0.25, 0.3) is 0 Å². The van der Waals surface area contributed by atoms with E-state index in [1.807, 2.05) is 0 Å². The molecule has 1 aliphatic heterocycles. The first-order valence-electron chi connectivity index (χ1n) is 5.90. The highest BCUT2D eigenvalue weighted by atomic mass is 35.5. The van der Waals surface area contributed by atoms with Gasteiger partial charge in [-0.05, 0) is 30.2 Å². The number of amides is 1. The third-order valence-corrected chi connectivity index (χ3v) is 3.06. The maximum atomic E-state index is 11.8. The van der Waals surface area contributed by atoms with Crippen molar-refractivity contribution in [3.8, 4) is 0 Å². The molecule has 0 aromatic heterocycles. The van der Waals surface area contributed by atoms with Gasteiger partial charge in [0.15, 0.2) is 0 Å². The van der Waals surface area contributed by atoms with Crippen molar-refractivity contribution in [1.82, 2.24) is 0 Å². The van der Waals surface area contributed by atoms with Crippen LogP contribution in [-0.4, -0.2) is 25.0 Å². The van der Waals surface area contributed by atoms with Gasteiger partial charge in [0.1, 0.15) is 6.61 Å². The van der Waals surface area contributed by atoms with Crippen LogP contribution in [0.15, 0.2) is 29.8 Å². The minimum atomic E-state index is -0.439. The van der Waals surface area contributed by atoms with Gasteiger partial charge < -0.3 is 9.64 Å². The Kier molecular flexibility index (Phi) is 3.90. The molecule has 1 aromatic carbocycles. The van der Waals surface area contributed by atoms with Crippen LogP contribution in [0.3, 0.4) is 0 Å². The lowest BCUT2D eigenvalue weighted by atomic mass is 10.1. The number of carbonyl (C=O) groups is 2. The van der Waals surface area contributed by atoms with Gasteiger partial charge in [0.05, 0.1) is 5.56 Å². The molecule has 19 heavy (non-hydrogen) atoms. The fraction of sp³-hybridized carbons (Fsp3) is 0.286. The molecule has 1 amide bonds. The highest BCUT2D eigenvalue weighted by molar-refractivity contribution is 6.29. The van der Waals surface area contributed by atoms with Gasteiger partial charge >= 0.3 is 5.97 Å². The fourth-order valence-corrected chi connectivity index (χ4v) is 2.14. The first-order chi connectivity index (χ1) is 8.99. The quantitative estimate of drug-likeness (QED) is 0.799. The minimum absolute atomic E-state index is 0.00293. The summed E-state index contributed by atoms with van der Waals surface area (Å²) >= 11 is 5.54. The zero-order valence-corrected chi connectivity index (χ0v) is 11.4. The summed E-state index contributed by atoms with van der Waals surface area (Å²) in [6.07, 6.45) is 0.748. The second-order valence-electron chi connectivity index (χ2n) is 4.36. The van der Waals surface area contributed by atoms with Crippen LogP contribution in [0.5, 0.6) is 0 Å². The van der Waals surface area contributed by atoms with Crippen molar-refractivity contribution in [2.75, 3.05) is 18.1 Å². The van der Waals surface area contributed by atoms with Crippen LogP contribution in [0, 0.1) is 0 Å². The number of rotatable bonds is 3. The number of esters is 1. The van der Waals surface area contributed by atoms with E-state index in [1.165, 1.54) is 6.92 Å². The highest BCUT2D eigenvalue weighted by Crippen LogP contribution is 2.29. The molecule has 0 spiro atoms. The number of hydrogen-bond acceptors (Lipinski definition) is 3. The number of anilines is 1. The van der Waals surface area contributed by atoms with Crippen molar-refractivity contribution < 1.29 is 14.3 Å². The molecule has 2 rings (SSSR count). The predicted octanol–water partition coefficient (Wildman–Crippen LogP) is 2.50. The Balaban J connectivity index is 2.16. The summed E-state index contributed by atoms with van der Waals surface area (Å²) < 4.78 is 4.97. The number of fused-ring (bicyclic) bond motifs is 1. The van der Waals surface area contributed by atoms with Crippen LogP contribution in [0.4, 0.5) is 5.69 Å². The van der Waals surface area contributed by atoms with Gasteiger partial charge in [0.25, 0.3) is 0 Å². The average molecular weight is 280 g/mol. The summed E-state index contributed by atoms with van der Waals surface area (Å²) in [5, 5.41) is 0.275. The fourth-order valence-electron chi connectivity index (χ4n) is 2.08. The Morgan fingerprint density at radius 3 is 2.84 bits per heavy atom. The molecule has 1 heterocycles. The van der Waals surface area contributed by atoms with Gasteiger partial charge in [-0.2, -0.15) is 0 Å². The van der Waals surface area contributed by atoms with Crippen LogP contribution in [0.1, 0.15) is 22.8 Å². The van der Waals surface area contributed by atoms with Crippen molar-refractivity contribution in [3.05, 3.63) is 40.9 Å². The molecule has 1 aromatic rings. The molecule has 0 saturated carbocycles. The molecule has 5 heteroatoms. The summed E-state index contributed by atoms with van der Waals surface area (Å²) in [5.74, 6) is -0.432. The van der Waals surface area contributed by atoms with Crippen molar-refractivity contribution >= 4 is 29.2 Å². The van der Waals surface area contributed by atoms with Crippen molar-refractivity contribution in [2.45, 2.75) is 13.3 Å². The molecule has 0 radical (unpaired) electrons. The van der Waals surface area contributed by atoms with Gasteiger partial charge in [-0.25, -0.2) is 4.79 Å². The number of halogens is 1. The second kappa shape index (κ2) is 5.45. The first kappa shape index (κ1) is 13.6. The average Bonchev–Trinajstić information content (AvgIpc) is 2.78. The molecular formula is C14H14ClNO3. The SMILES string of the molecule is C=C(Cl)COC(=O)c1ccc2c(c1)CCN2C(C)=O. The van der Waals surface area contributed by atoms with E-state index in [-0.39, 0.29) is 17.5 Å². The third kappa shape index (κ3) is 2.96. The molecule has 0 bridgehead atoms. The number of benzene rings is 1.